The van der Waals surface area contributed by atoms with Gasteiger partial charge in [0.2, 0.25) is 5.91 Å². The van der Waals surface area contributed by atoms with Gasteiger partial charge in [-0.1, -0.05) is 6.92 Å². The highest BCUT2D eigenvalue weighted by Gasteiger charge is 2.17. The van der Waals surface area contributed by atoms with Gasteiger partial charge in [0.05, 0.1) is 6.61 Å². The van der Waals surface area contributed by atoms with Crippen LogP contribution in [0.3, 0.4) is 0 Å². The van der Waals surface area contributed by atoms with Crippen LogP contribution in [0.15, 0.2) is 0 Å². The summed E-state index contributed by atoms with van der Waals surface area (Å²) in [4.78, 5) is 33.5. The van der Waals surface area contributed by atoms with Gasteiger partial charge in [0.25, 0.3) is 0 Å². The van der Waals surface area contributed by atoms with Crippen LogP contribution in [0.2, 0.25) is 0 Å². The van der Waals surface area contributed by atoms with E-state index in [-0.39, 0.29) is 24.7 Å². The van der Waals surface area contributed by atoms with Gasteiger partial charge in [0.1, 0.15) is 0 Å². The molecule has 0 aliphatic carbocycles. The first kappa shape index (κ1) is 16.4. The molecular weight excluding hydrogens is 264 g/mol. The molecule has 1 aliphatic rings. The second kappa shape index (κ2) is 8.52. The van der Waals surface area contributed by atoms with Gasteiger partial charge in [-0.15, -0.1) is 0 Å². The van der Waals surface area contributed by atoms with Crippen LogP contribution in [0.4, 0.5) is 4.79 Å². The molecule has 7 nitrogen and oxygen atoms in total. The van der Waals surface area contributed by atoms with Crippen molar-refractivity contribution in [3.05, 3.63) is 0 Å². The van der Waals surface area contributed by atoms with Gasteiger partial charge in [0, 0.05) is 26.0 Å². The first-order valence-corrected chi connectivity index (χ1v) is 6.84. The van der Waals surface area contributed by atoms with Crippen LogP contribution in [0.25, 0.3) is 0 Å². The van der Waals surface area contributed by atoms with Gasteiger partial charge in [-0.25, -0.2) is 4.79 Å². The van der Waals surface area contributed by atoms with Crippen LogP contribution < -0.4 is 10.6 Å². The molecule has 2 unspecified atom stereocenters. The molecule has 1 rings (SSSR count). The number of ether oxygens (including phenoxy) is 1. The summed E-state index contributed by atoms with van der Waals surface area (Å²) < 4.78 is 5.29. The van der Waals surface area contributed by atoms with Crippen molar-refractivity contribution in [2.45, 2.75) is 32.6 Å². The third-order valence-corrected chi connectivity index (χ3v) is 3.12. The van der Waals surface area contributed by atoms with Crippen molar-refractivity contribution in [3.8, 4) is 0 Å². The predicted molar refractivity (Wildman–Crippen MR) is 71.1 cm³/mol. The van der Waals surface area contributed by atoms with Gasteiger partial charge >= 0.3 is 12.0 Å². The van der Waals surface area contributed by atoms with Crippen LogP contribution in [-0.2, 0) is 14.3 Å². The summed E-state index contributed by atoms with van der Waals surface area (Å²) in [7, 11) is 0. The highest BCUT2D eigenvalue weighted by atomic mass is 16.5. The molecule has 114 valence electrons. The van der Waals surface area contributed by atoms with Crippen molar-refractivity contribution in [2.75, 3.05) is 19.8 Å². The van der Waals surface area contributed by atoms with E-state index in [0.29, 0.717) is 13.2 Å². The Bertz CT molecular complexity index is 353. The average molecular weight is 286 g/mol. The first-order valence-electron chi connectivity index (χ1n) is 6.84. The second-order valence-electron chi connectivity index (χ2n) is 5.25. The van der Waals surface area contributed by atoms with Crippen LogP contribution >= 0.6 is 0 Å². The van der Waals surface area contributed by atoms with Crippen molar-refractivity contribution in [1.82, 2.24) is 10.6 Å². The summed E-state index contributed by atoms with van der Waals surface area (Å²) in [5.74, 6) is -1.43. The van der Waals surface area contributed by atoms with Gasteiger partial charge in [-0.2, -0.15) is 0 Å². The lowest BCUT2D eigenvalue weighted by molar-refractivity contribution is -0.138. The summed E-state index contributed by atoms with van der Waals surface area (Å²) in [6.07, 6.45) is 1.92. The van der Waals surface area contributed by atoms with Gasteiger partial charge < -0.3 is 15.2 Å². The van der Waals surface area contributed by atoms with Crippen LogP contribution in [0, 0.1) is 11.8 Å². The molecule has 20 heavy (non-hydrogen) atoms. The lowest BCUT2D eigenvalue weighted by atomic mass is 10.0. The van der Waals surface area contributed by atoms with Crippen LogP contribution in [-0.4, -0.2) is 42.8 Å². The number of aliphatic carboxylic acids is 1. The summed E-state index contributed by atoms with van der Waals surface area (Å²) in [5.41, 5.74) is 0. The normalized spacial score (nSPS) is 19.9. The molecule has 3 amide bonds. The van der Waals surface area contributed by atoms with Crippen molar-refractivity contribution < 1.29 is 24.2 Å². The lowest BCUT2D eigenvalue weighted by Gasteiger charge is -2.22. The zero-order valence-electron chi connectivity index (χ0n) is 11.7. The van der Waals surface area contributed by atoms with E-state index in [1.165, 1.54) is 0 Å². The van der Waals surface area contributed by atoms with Crippen molar-refractivity contribution in [1.29, 1.82) is 0 Å². The van der Waals surface area contributed by atoms with E-state index in [0.717, 1.165) is 19.4 Å². The molecule has 0 aromatic rings. The smallest absolute Gasteiger partial charge is 0.321 e. The van der Waals surface area contributed by atoms with E-state index in [4.69, 9.17) is 9.84 Å². The minimum Gasteiger partial charge on any atom is -0.481 e. The van der Waals surface area contributed by atoms with E-state index in [2.05, 4.69) is 10.6 Å². The monoisotopic (exact) mass is 286 g/mol. The fourth-order valence-corrected chi connectivity index (χ4v) is 2.11. The molecular formula is C13H22N2O5. The maximum Gasteiger partial charge on any atom is 0.321 e. The van der Waals surface area contributed by atoms with E-state index >= 15 is 0 Å². The van der Waals surface area contributed by atoms with Crippen molar-refractivity contribution in [2.24, 2.45) is 11.8 Å². The van der Waals surface area contributed by atoms with Gasteiger partial charge in [-0.05, 0) is 24.7 Å². The molecule has 0 aromatic heterocycles. The minimum absolute atomic E-state index is 0.0201. The Morgan fingerprint density at radius 1 is 1.35 bits per heavy atom. The van der Waals surface area contributed by atoms with E-state index in [9.17, 15) is 14.4 Å². The Hall–Kier alpha value is -1.63. The molecule has 1 heterocycles. The van der Waals surface area contributed by atoms with Crippen molar-refractivity contribution >= 4 is 17.9 Å². The molecule has 7 heteroatoms. The average Bonchev–Trinajstić information content (AvgIpc) is 2.36. The summed E-state index contributed by atoms with van der Waals surface area (Å²) in [6.45, 7) is 3.53. The summed E-state index contributed by atoms with van der Waals surface area (Å²) in [6, 6.07) is -0.539. The fraction of sp³-hybridized carbons (Fsp3) is 0.769. The Balaban J connectivity index is 2.17. The molecule has 0 saturated carbocycles. The number of amides is 3. The Morgan fingerprint density at radius 2 is 2.10 bits per heavy atom. The van der Waals surface area contributed by atoms with E-state index < -0.39 is 17.9 Å². The molecule has 2 atom stereocenters. The summed E-state index contributed by atoms with van der Waals surface area (Å²) in [5, 5.41) is 13.4. The number of hydrogen-bond acceptors (Lipinski definition) is 4. The number of carbonyl (C=O) groups is 3. The maximum atomic E-state index is 11.5. The van der Waals surface area contributed by atoms with Crippen LogP contribution in [0.5, 0.6) is 0 Å². The highest BCUT2D eigenvalue weighted by Crippen LogP contribution is 2.12. The number of carbonyl (C=O) groups excluding carboxylic acids is 2. The number of carboxylic acids is 1. The zero-order valence-corrected chi connectivity index (χ0v) is 11.7. The maximum absolute atomic E-state index is 11.5. The molecule has 0 aromatic carbocycles. The standard InChI is InChI=1S/C13H22N2O5/c1-9(6-12(17)18)5-11(16)15-13(19)14-7-10-3-2-4-20-8-10/h9-10H,2-8H2,1H3,(H,17,18)(H2,14,15,16,19). The SMILES string of the molecule is CC(CC(=O)O)CC(=O)NC(=O)NCC1CCCOC1. The van der Waals surface area contributed by atoms with Gasteiger partial charge in [0.15, 0.2) is 0 Å². The number of hydrogen-bond donors (Lipinski definition) is 3. The predicted octanol–water partition coefficient (Wildman–Crippen LogP) is 0.740. The summed E-state index contributed by atoms with van der Waals surface area (Å²) >= 11 is 0. The largest absolute Gasteiger partial charge is 0.481 e. The quantitative estimate of drug-likeness (QED) is 0.668. The third kappa shape index (κ3) is 7.08. The van der Waals surface area contributed by atoms with Crippen molar-refractivity contribution in [3.63, 3.8) is 0 Å². The highest BCUT2D eigenvalue weighted by molar-refractivity contribution is 5.94. The molecule has 3 N–H and O–H groups in total. The minimum atomic E-state index is -0.952. The van der Waals surface area contributed by atoms with Gasteiger partial charge in [-0.3, -0.25) is 14.9 Å². The molecule has 0 spiro atoms. The molecule has 0 bridgehead atoms. The number of nitrogens with one attached hydrogen (secondary N) is 2. The number of urea groups is 1. The third-order valence-electron chi connectivity index (χ3n) is 3.12. The fourth-order valence-electron chi connectivity index (χ4n) is 2.11. The number of rotatable bonds is 6. The molecule has 1 fully saturated rings. The molecule has 1 saturated heterocycles. The topological polar surface area (TPSA) is 105 Å². The molecule has 1 aliphatic heterocycles. The van der Waals surface area contributed by atoms with E-state index in [1.807, 2.05) is 0 Å². The van der Waals surface area contributed by atoms with E-state index in [1.54, 1.807) is 6.92 Å². The second-order valence-corrected chi connectivity index (χ2v) is 5.25. The number of imide groups is 1. The Morgan fingerprint density at radius 3 is 2.70 bits per heavy atom. The first-order chi connectivity index (χ1) is 9.47. The Labute approximate surface area is 118 Å². The zero-order chi connectivity index (χ0) is 15.0. The molecule has 0 radical (unpaired) electrons. The van der Waals surface area contributed by atoms with Crippen LogP contribution in [0.1, 0.15) is 32.6 Å². The lowest BCUT2D eigenvalue weighted by Crippen LogP contribution is -2.42. The number of carboxylic acid groups (broad SMARTS) is 1. The Kier molecular flexibility index (Phi) is 7.00.